The van der Waals surface area contributed by atoms with Crippen LogP contribution in [-0.4, -0.2) is 55.3 Å². The molecule has 2 atom stereocenters. The summed E-state index contributed by atoms with van der Waals surface area (Å²) in [7, 11) is 0. The minimum absolute atomic E-state index is 0.00371. The number of ether oxygens (including phenoxy) is 3. The molecule has 2 fully saturated rings. The molecule has 1 amide bonds. The SMILES string of the molecule is O=C(COc1ccccc1)N1C[C@@H]2COC[C@]2(COc2cccnc2)C1. The summed E-state index contributed by atoms with van der Waals surface area (Å²) in [5.74, 6) is 1.74. The van der Waals surface area contributed by atoms with Gasteiger partial charge in [-0.3, -0.25) is 9.78 Å². The van der Waals surface area contributed by atoms with Crippen molar-refractivity contribution in [3.05, 3.63) is 54.9 Å². The Kier molecular flexibility index (Phi) is 4.75. The van der Waals surface area contributed by atoms with Gasteiger partial charge in [0.15, 0.2) is 6.61 Å². The molecule has 0 aliphatic carbocycles. The molecule has 0 N–H and O–H groups in total. The lowest BCUT2D eigenvalue weighted by Crippen LogP contribution is -2.39. The number of carbonyl (C=O) groups is 1. The number of hydrogen-bond acceptors (Lipinski definition) is 5. The molecule has 2 aliphatic rings. The van der Waals surface area contributed by atoms with Crippen LogP contribution in [0.15, 0.2) is 54.9 Å². The summed E-state index contributed by atoms with van der Waals surface area (Å²) in [5, 5.41) is 0. The molecule has 0 unspecified atom stereocenters. The maximum atomic E-state index is 12.6. The van der Waals surface area contributed by atoms with E-state index in [4.69, 9.17) is 14.2 Å². The molecule has 0 spiro atoms. The van der Waals surface area contributed by atoms with Crippen molar-refractivity contribution in [3.8, 4) is 11.5 Å². The maximum Gasteiger partial charge on any atom is 0.260 e. The second-order valence-electron chi connectivity index (χ2n) is 6.93. The largest absolute Gasteiger partial charge is 0.491 e. The number of nitrogens with zero attached hydrogens (tertiary/aromatic N) is 2. The van der Waals surface area contributed by atoms with Crippen molar-refractivity contribution >= 4 is 5.91 Å². The summed E-state index contributed by atoms with van der Waals surface area (Å²) in [6.07, 6.45) is 3.42. The molecule has 136 valence electrons. The van der Waals surface area contributed by atoms with Crippen molar-refractivity contribution < 1.29 is 19.0 Å². The van der Waals surface area contributed by atoms with Crippen molar-refractivity contribution in [2.45, 2.75) is 0 Å². The third-order valence-electron chi connectivity index (χ3n) is 5.14. The number of hydrogen-bond donors (Lipinski definition) is 0. The first kappa shape index (κ1) is 16.8. The molecule has 2 aliphatic heterocycles. The summed E-state index contributed by atoms with van der Waals surface area (Å²) in [6.45, 7) is 3.17. The summed E-state index contributed by atoms with van der Waals surface area (Å²) in [4.78, 5) is 18.5. The average Bonchev–Trinajstić information content (AvgIpc) is 3.24. The second-order valence-corrected chi connectivity index (χ2v) is 6.93. The minimum atomic E-state index is -0.155. The predicted molar refractivity (Wildman–Crippen MR) is 95.0 cm³/mol. The molecule has 6 nitrogen and oxygen atoms in total. The Hall–Kier alpha value is -2.60. The number of aromatic nitrogens is 1. The van der Waals surface area contributed by atoms with Gasteiger partial charge in [0.1, 0.15) is 11.5 Å². The molecule has 0 bridgehead atoms. The number of pyridine rings is 1. The van der Waals surface area contributed by atoms with Crippen molar-refractivity contribution in [1.29, 1.82) is 0 Å². The lowest BCUT2D eigenvalue weighted by atomic mass is 9.82. The van der Waals surface area contributed by atoms with Crippen LogP contribution in [0.1, 0.15) is 0 Å². The van der Waals surface area contributed by atoms with Gasteiger partial charge >= 0.3 is 0 Å². The van der Waals surface area contributed by atoms with Crippen LogP contribution in [0, 0.1) is 11.3 Å². The van der Waals surface area contributed by atoms with Gasteiger partial charge in [-0.1, -0.05) is 18.2 Å². The Morgan fingerprint density at radius 1 is 1.19 bits per heavy atom. The van der Waals surface area contributed by atoms with Crippen molar-refractivity contribution in [2.24, 2.45) is 11.3 Å². The number of amides is 1. The third kappa shape index (κ3) is 3.51. The van der Waals surface area contributed by atoms with Crippen molar-refractivity contribution in [1.82, 2.24) is 9.88 Å². The lowest BCUT2D eigenvalue weighted by molar-refractivity contribution is -0.133. The summed E-state index contributed by atoms with van der Waals surface area (Å²) < 4.78 is 17.2. The quantitative estimate of drug-likeness (QED) is 0.794. The molecule has 1 aromatic carbocycles. The molecule has 2 aromatic rings. The molecule has 4 rings (SSSR count). The normalized spacial score (nSPS) is 24.3. The molecular formula is C20H22N2O4. The highest BCUT2D eigenvalue weighted by Crippen LogP contribution is 2.41. The van der Waals surface area contributed by atoms with E-state index >= 15 is 0 Å². The highest BCUT2D eigenvalue weighted by atomic mass is 16.5. The average molecular weight is 354 g/mol. The summed E-state index contributed by atoms with van der Waals surface area (Å²) in [6, 6.07) is 13.1. The third-order valence-corrected chi connectivity index (χ3v) is 5.14. The van der Waals surface area contributed by atoms with Crippen molar-refractivity contribution in [3.63, 3.8) is 0 Å². The van der Waals surface area contributed by atoms with E-state index in [-0.39, 0.29) is 17.9 Å². The van der Waals surface area contributed by atoms with Gasteiger partial charge in [0.2, 0.25) is 0 Å². The zero-order valence-electron chi connectivity index (χ0n) is 14.5. The fourth-order valence-corrected chi connectivity index (χ4v) is 3.64. The van der Waals surface area contributed by atoms with E-state index in [1.807, 2.05) is 47.4 Å². The lowest BCUT2D eigenvalue weighted by Gasteiger charge is -2.27. The van der Waals surface area contributed by atoms with Gasteiger partial charge < -0.3 is 19.1 Å². The molecule has 0 saturated carbocycles. The highest BCUT2D eigenvalue weighted by Gasteiger charge is 2.52. The second kappa shape index (κ2) is 7.33. The standard InChI is InChI=1S/C20H22N2O4/c23-19(12-25-17-5-2-1-3-6-17)22-10-16-11-24-14-20(16,13-22)15-26-18-7-4-8-21-9-18/h1-9,16H,10-15H2/t16-,20+/m1/s1. The first-order valence-electron chi connectivity index (χ1n) is 8.81. The Balaban J connectivity index is 1.36. The van der Waals surface area contributed by atoms with E-state index in [1.54, 1.807) is 12.4 Å². The first-order chi connectivity index (χ1) is 12.8. The molecular weight excluding hydrogens is 332 g/mol. The van der Waals surface area contributed by atoms with E-state index in [2.05, 4.69) is 4.98 Å². The van der Waals surface area contributed by atoms with E-state index < -0.39 is 0 Å². The minimum Gasteiger partial charge on any atom is -0.491 e. The van der Waals surface area contributed by atoms with E-state index in [9.17, 15) is 4.79 Å². The van der Waals surface area contributed by atoms with Crippen LogP contribution in [0.3, 0.4) is 0 Å². The van der Waals surface area contributed by atoms with E-state index in [0.717, 1.165) is 5.75 Å². The molecule has 0 radical (unpaired) electrons. The molecule has 2 saturated heterocycles. The molecule has 3 heterocycles. The van der Waals surface area contributed by atoms with Crippen LogP contribution in [-0.2, 0) is 9.53 Å². The van der Waals surface area contributed by atoms with Gasteiger partial charge in [-0.05, 0) is 24.3 Å². The fourth-order valence-electron chi connectivity index (χ4n) is 3.64. The summed E-state index contributed by atoms with van der Waals surface area (Å²) in [5.41, 5.74) is -0.155. The highest BCUT2D eigenvalue weighted by molar-refractivity contribution is 5.78. The van der Waals surface area contributed by atoms with Gasteiger partial charge in [0, 0.05) is 25.2 Å². The van der Waals surface area contributed by atoms with Gasteiger partial charge in [-0.15, -0.1) is 0 Å². The number of para-hydroxylation sites is 1. The molecule has 26 heavy (non-hydrogen) atoms. The smallest absolute Gasteiger partial charge is 0.260 e. The van der Waals surface area contributed by atoms with Gasteiger partial charge in [0.25, 0.3) is 5.91 Å². The Labute approximate surface area is 152 Å². The number of fused-ring (bicyclic) bond motifs is 1. The molecule has 6 heteroatoms. The van der Waals surface area contributed by atoms with Crippen LogP contribution in [0.4, 0.5) is 0 Å². The number of benzene rings is 1. The van der Waals surface area contributed by atoms with Crippen molar-refractivity contribution in [2.75, 3.05) is 39.5 Å². The Bertz CT molecular complexity index is 740. The Morgan fingerprint density at radius 2 is 2.04 bits per heavy atom. The predicted octanol–water partition coefficient (Wildman–Crippen LogP) is 2.01. The van der Waals surface area contributed by atoms with E-state index in [1.165, 1.54) is 0 Å². The first-order valence-corrected chi connectivity index (χ1v) is 8.81. The maximum absolute atomic E-state index is 12.6. The molecule has 1 aromatic heterocycles. The van der Waals surface area contributed by atoms with Gasteiger partial charge in [-0.25, -0.2) is 0 Å². The number of rotatable bonds is 6. The topological polar surface area (TPSA) is 60.9 Å². The van der Waals surface area contributed by atoms with Gasteiger partial charge in [0.05, 0.1) is 31.4 Å². The zero-order chi connectivity index (χ0) is 17.8. The number of likely N-dealkylation sites (tertiary alicyclic amines) is 1. The van der Waals surface area contributed by atoms with Crippen LogP contribution < -0.4 is 9.47 Å². The van der Waals surface area contributed by atoms with Crippen LogP contribution in [0.25, 0.3) is 0 Å². The van der Waals surface area contributed by atoms with Gasteiger partial charge in [-0.2, -0.15) is 0 Å². The Morgan fingerprint density at radius 3 is 2.85 bits per heavy atom. The fraction of sp³-hybridized carbons (Fsp3) is 0.400. The van der Waals surface area contributed by atoms with Crippen LogP contribution >= 0.6 is 0 Å². The number of carbonyl (C=O) groups excluding carboxylic acids is 1. The monoisotopic (exact) mass is 354 g/mol. The zero-order valence-corrected chi connectivity index (χ0v) is 14.5. The van der Waals surface area contributed by atoms with E-state index in [0.29, 0.717) is 44.6 Å². The van der Waals surface area contributed by atoms with Crippen LogP contribution in [0.2, 0.25) is 0 Å². The van der Waals surface area contributed by atoms with Crippen LogP contribution in [0.5, 0.6) is 11.5 Å². The summed E-state index contributed by atoms with van der Waals surface area (Å²) >= 11 is 0.